The van der Waals surface area contributed by atoms with Gasteiger partial charge in [0.25, 0.3) is 5.91 Å². The monoisotopic (exact) mass is 492 g/mol. The Morgan fingerprint density at radius 2 is 1.91 bits per heavy atom. The molecule has 0 atom stereocenters. The van der Waals surface area contributed by atoms with E-state index in [0.717, 1.165) is 30.0 Å². The van der Waals surface area contributed by atoms with Crippen molar-refractivity contribution in [2.75, 3.05) is 10.9 Å². The highest BCUT2D eigenvalue weighted by atomic mass is 32.1. The van der Waals surface area contributed by atoms with Gasteiger partial charge in [-0.25, -0.2) is 9.67 Å². The fourth-order valence-electron chi connectivity index (χ4n) is 2.87. The Hall–Kier alpha value is -3.21. The molecule has 3 aromatic rings. The average Bonchev–Trinajstić information content (AvgIpc) is 3.19. The van der Waals surface area contributed by atoms with Crippen LogP contribution in [0.15, 0.2) is 47.6 Å². The third kappa shape index (κ3) is 6.43. The number of hydrogen-bond acceptors (Lipinski definition) is 6. The van der Waals surface area contributed by atoms with E-state index in [-0.39, 0.29) is 16.7 Å². The van der Waals surface area contributed by atoms with Gasteiger partial charge in [0.1, 0.15) is 10.8 Å². The lowest BCUT2D eigenvalue weighted by atomic mass is 9.98. The Kier molecular flexibility index (Phi) is 7.75. The van der Waals surface area contributed by atoms with Gasteiger partial charge in [-0.3, -0.25) is 15.6 Å². The van der Waals surface area contributed by atoms with Crippen LogP contribution in [0.2, 0.25) is 0 Å². The number of carbonyl (C=O) groups excluding carboxylic acids is 1. The number of rotatable bonds is 7. The first-order chi connectivity index (χ1) is 16.0. The molecule has 34 heavy (non-hydrogen) atoms. The number of carbonyl (C=O) groups is 1. The molecule has 1 amide bonds. The molecule has 0 radical (unpaired) electrons. The topological polar surface area (TPSA) is 84.2 Å². The highest BCUT2D eigenvalue weighted by Crippen LogP contribution is 2.32. The molecule has 2 aromatic heterocycles. The van der Waals surface area contributed by atoms with E-state index in [2.05, 4.69) is 25.9 Å². The molecular formula is C23H27F3N6OS. The minimum absolute atomic E-state index is 0.146. The summed E-state index contributed by atoms with van der Waals surface area (Å²) in [6.45, 7) is 8.60. The largest absolute Gasteiger partial charge is 0.416 e. The molecular weight excluding hydrogens is 465 g/mol. The van der Waals surface area contributed by atoms with Gasteiger partial charge in [0.15, 0.2) is 0 Å². The number of hydrazine groups is 1. The van der Waals surface area contributed by atoms with Crippen LogP contribution in [0.25, 0.3) is 0 Å². The van der Waals surface area contributed by atoms with E-state index < -0.39 is 17.6 Å². The maximum absolute atomic E-state index is 13.4. The predicted octanol–water partition coefficient (Wildman–Crippen LogP) is 5.64. The number of nitrogens with one attached hydrogen (secondary N) is 2. The molecule has 0 saturated heterocycles. The smallest absolute Gasteiger partial charge is 0.299 e. The number of aryl methyl sites for hydroxylation is 1. The SMILES string of the molecule is CCCCn1nc(C(C)(C)C)s/c1=N\C(=O)c1cc(C(F)(F)F)ccc1NNc1ccccn1. The van der Waals surface area contributed by atoms with Crippen molar-refractivity contribution in [1.29, 1.82) is 0 Å². The van der Waals surface area contributed by atoms with Crippen LogP contribution >= 0.6 is 11.3 Å². The van der Waals surface area contributed by atoms with Crippen LogP contribution in [0.1, 0.15) is 61.5 Å². The van der Waals surface area contributed by atoms with Crippen LogP contribution in [0.4, 0.5) is 24.7 Å². The fraction of sp³-hybridized carbons (Fsp3) is 0.391. The van der Waals surface area contributed by atoms with Gasteiger partial charge >= 0.3 is 6.18 Å². The van der Waals surface area contributed by atoms with Gasteiger partial charge in [0, 0.05) is 18.2 Å². The third-order valence-corrected chi connectivity index (χ3v) is 6.12. The summed E-state index contributed by atoms with van der Waals surface area (Å²) >= 11 is 1.26. The summed E-state index contributed by atoms with van der Waals surface area (Å²) in [7, 11) is 0. The van der Waals surface area contributed by atoms with Gasteiger partial charge in [0.2, 0.25) is 4.80 Å². The zero-order valence-electron chi connectivity index (χ0n) is 19.4. The van der Waals surface area contributed by atoms with Gasteiger partial charge < -0.3 is 0 Å². The maximum atomic E-state index is 13.4. The lowest BCUT2D eigenvalue weighted by molar-refractivity contribution is -0.137. The first-order valence-electron chi connectivity index (χ1n) is 10.8. The Balaban J connectivity index is 2.03. The van der Waals surface area contributed by atoms with E-state index in [9.17, 15) is 18.0 Å². The second kappa shape index (κ2) is 10.4. The molecule has 0 saturated carbocycles. The summed E-state index contributed by atoms with van der Waals surface area (Å²) in [5.74, 6) is -0.363. The van der Waals surface area contributed by atoms with Crippen molar-refractivity contribution in [3.63, 3.8) is 0 Å². The van der Waals surface area contributed by atoms with Gasteiger partial charge in [-0.05, 0) is 36.8 Å². The first kappa shape index (κ1) is 25.4. The molecule has 0 aliphatic rings. The van der Waals surface area contributed by atoms with Crippen LogP contribution < -0.4 is 15.7 Å². The van der Waals surface area contributed by atoms with Crippen molar-refractivity contribution < 1.29 is 18.0 Å². The molecule has 1 aromatic carbocycles. The molecule has 0 bridgehead atoms. The first-order valence-corrected chi connectivity index (χ1v) is 11.6. The van der Waals surface area contributed by atoms with Crippen molar-refractivity contribution >= 4 is 28.7 Å². The van der Waals surface area contributed by atoms with Gasteiger partial charge in [-0.1, -0.05) is 51.5 Å². The van der Waals surface area contributed by atoms with Crippen molar-refractivity contribution in [1.82, 2.24) is 14.8 Å². The van der Waals surface area contributed by atoms with E-state index >= 15 is 0 Å². The Labute approximate surface area is 199 Å². The van der Waals surface area contributed by atoms with E-state index in [0.29, 0.717) is 17.2 Å². The maximum Gasteiger partial charge on any atom is 0.416 e. The highest BCUT2D eigenvalue weighted by molar-refractivity contribution is 7.09. The third-order valence-electron chi connectivity index (χ3n) is 4.75. The minimum atomic E-state index is -4.60. The summed E-state index contributed by atoms with van der Waals surface area (Å²) in [6.07, 6.45) is -1.29. The van der Waals surface area contributed by atoms with Crippen molar-refractivity contribution in [2.24, 2.45) is 4.99 Å². The molecule has 0 spiro atoms. The van der Waals surface area contributed by atoms with E-state index in [1.54, 1.807) is 29.1 Å². The lowest BCUT2D eigenvalue weighted by Crippen LogP contribution is -2.20. The molecule has 11 heteroatoms. The quantitative estimate of drug-likeness (QED) is 0.417. The van der Waals surface area contributed by atoms with E-state index in [1.165, 1.54) is 17.4 Å². The average molecular weight is 493 g/mol. The van der Waals surface area contributed by atoms with Crippen LogP contribution in [0.5, 0.6) is 0 Å². The number of benzene rings is 1. The number of hydrogen-bond donors (Lipinski definition) is 2. The molecule has 3 rings (SSSR count). The number of pyridine rings is 1. The van der Waals surface area contributed by atoms with Crippen molar-refractivity contribution in [2.45, 2.75) is 58.7 Å². The number of nitrogens with zero attached hydrogens (tertiary/aromatic N) is 4. The summed E-state index contributed by atoms with van der Waals surface area (Å²) < 4.78 is 41.8. The molecule has 7 nitrogen and oxygen atoms in total. The van der Waals surface area contributed by atoms with Crippen LogP contribution in [0, 0.1) is 0 Å². The molecule has 182 valence electrons. The van der Waals surface area contributed by atoms with E-state index in [1.807, 2.05) is 27.7 Å². The highest BCUT2D eigenvalue weighted by Gasteiger charge is 2.32. The van der Waals surface area contributed by atoms with E-state index in [4.69, 9.17) is 0 Å². The molecule has 0 aliphatic heterocycles. The molecule has 2 N–H and O–H groups in total. The minimum Gasteiger partial charge on any atom is -0.299 e. The Morgan fingerprint density at radius 1 is 1.15 bits per heavy atom. The van der Waals surface area contributed by atoms with Crippen LogP contribution in [-0.4, -0.2) is 20.7 Å². The number of halogens is 3. The zero-order chi connectivity index (χ0) is 24.9. The fourth-order valence-corrected chi connectivity index (χ4v) is 3.86. The predicted molar refractivity (Wildman–Crippen MR) is 127 cm³/mol. The van der Waals surface area contributed by atoms with Gasteiger partial charge in [-0.2, -0.15) is 23.3 Å². The van der Waals surface area contributed by atoms with Crippen molar-refractivity contribution in [3.05, 3.63) is 63.5 Å². The van der Waals surface area contributed by atoms with Crippen LogP contribution in [-0.2, 0) is 18.1 Å². The number of amides is 1. The number of anilines is 2. The zero-order valence-corrected chi connectivity index (χ0v) is 20.2. The molecule has 0 unspecified atom stereocenters. The second-order valence-corrected chi connectivity index (χ2v) is 9.61. The van der Waals surface area contributed by atoms with Crippen molar-refractivity contribution in [3.8, 4) is 0 Å². The number of alkyl halides is 3. The molecule has 2 heterocycles. The number of aromatic nitrogens is 3. The normalized spacial score (nSPS) is 12.6. The lowest BCUT2D eigenvalue weighted by Gasteiger charge is -2.14. The Bertz CT molecular complexity index is 1200. The van der Waals surface area contributed by atoms with Gasteiger partial charge in [-0.15, -0.1) is 0 Å². The second-order valence-electron chi connectivity index (χ2n) is 8.66. The Morgan fingerprint density at radius 3 is 2.53 bits per heavy atom. The molecule has 0 fully saturated rings. The summed E-state index contributed by atoms with van der Waals surface area (Å²) in [5.41, 5.74) is 4.30. The summed E-state index contributed by atoms with van der Waals surface area (Å²) in [5, 5.41) is 5.38. The number of unbranched alkanes of at least 4 members (excludes halogenated alkanes) is 1. The molecule has 0 aliphatic carbocycles. The van der Waals surface area contributed by atoms with Gasteiger partial charge in [0.05, 0.1) is 16.8 Å². The van der Waals surface area contributed by atoms with Crippen LogP contribution in [0.3, 0.4) is 0 Å². The summed E-state index contributed by atoms with van der Waals surface area (Å²) in [6, 6.07) is 8.05. The summed E-state index contributed by atoms with van der Waals surface area (Å²) in [4.78, 5) is 21.8. The standard InChI is InChI=1S/C23H27F3N6OS/c1-5-6-13-32-21(34-20(31-32)22(2,3)4)28-19(33)16-14-15(23(24,25)26)10-11-17(16)29-30-18-9-7-8-12-27-18/h7-12,14,29H,5-6,13H2,1-4H3,(H,27,30)/b28-21-.